The monoisotopic (exact) mass is 386 g/mol. The number of hydrogen-bond acceptors (Lipinski definition) is 7. The molecule has 1 aliphatic rings. The fraction of sp³-hybridized carbons (Fsp3) is 0.333. The van der Waals surface area contributed by atoms with Crippen LogP contribution in [0, 0.1) is 6.92 Å². The van der Waals surface area contributed by atoms with E-state index in [2.05, 4.69) is 30.0 Å². The molecule has 0 bridgehead atoms. The van der Waals surface area contributed by atoms with E-state index in [0.717, 1.165) is 66.7 Å². The third-order valence-electron chi connectivity index (χ3n) is 5.42. The normalized spacial score (nSPS) is 15.8. The number of rotatable bonds is 4. The van der Waals surface area contributed by atoms with Gasteiger partial charge in [0.1, 0.15) is 5.82 Å². The van der Waals surface area contributed by atoms with Gasteiger partial charge in [0.2, 0.25) is 0 Å². The highest BCUT2D eigenvalue weighted by atomic mass is 15.4. The maximum Gasteiger partial charge on any atom is 0.177 e. The Labute approximate surface area is 168 Å². The highest BCUT2D eigenvalue weighted by Crippen LogP contribution is 2.28. The predicted molar refractivity (Wildman–Crippen MR) is 108 cm³/mol. The fourth-order valence-electron chi connectivity index (χ4n) is 3.90. The molecule has 4 aromatic heterocycles. The molecule has 4 aromatic rings. The summed E-state index contributed by atoms with van der Waals surface area (Å²) in [5, 5.41) is 13.6. The lowest BCUT2D eigenvalue weighted by Gasteiger charge is -2.30. The summed E-state index contributed by atoms with van der Waals surface area (Å²) in [6.45, 7) is 4.80. The lowest BCUT2D eigenvalue weighted by atomic mass is 9.96. The molecular weight excluding hydrogens is 364 g/mol. The van der Waals surface area contributed by atoms with E-state index < -0.39 is 0 Å². The van der Waals surface area contributed by atoms with Crippen LogP contribution in [-0.4, -0.2) is 52.8 Å². The quantitative estimate of drug-likeness (QED) is 0.533. The zero-order valence-corrected chi connectivity index (χ0v) is 16.3. The minimum atomic E-state index is 0.352. The summed E-state index contributed by atoms with van der Waals surface area (Å²) in [6, 6.07) is 9.87. The second-order valence-corrected chi connectivity index (χ2v) is 7.43. The molecule has 146 valence electrons. The molecule has 8 heteroatoms. The van der Waals surface area contributed by atoms with Crippen LogP contribution < -0.4 is 0 Å². The average molecular weight is 386 g/mol. The zero-order chi connectivity index (χ0) is 19.6. The minimum absolute atomic E-state index is 0.352. The van der Waals surface area contributed by atoms with Gasteiger partial charge < -0.3 is 0 Å². The van der Waals surface area contributed by atoms with E-state index in [1.165, 1.54) is 0 Å². The number of piperidine rings is 1. The number of aryl methyl sites for hydroxylation is 1. The van der Waals surface area contributed by atoms with Crippen LogP contribution in [0.1, 0.15) is 36.1 Å². The van der Waals surface area contributed by atoms with E-state index >= 15 is 0 Å². The van der Waals surface area contributed by atoms with Gasteiger partial charge in [-0.05, 0) is 63.2 Å². The van der Waals surface area contributed by atoms with Crippen molar-refractivity contribution in [3.63, 3.8) is 0 Å². The van der Waals surface area contributed by atoms with Crippen molar-refractivity contribution in [3.8, 4) is 11.3 Å². The van der Waals surface area contributed by atoms with E-state index in [0.29, 0.717) is 5.92 Å². The van der Waals surface area contributed by atoms with Crippen molar-refractivity contribution in [3.05, 3.63) is 66.3 Å². The van der Waals surface area contributed by atoms with E-state index in [-0.39, 0.29) is 0 Å². The van der Waals surface area contributed by atoms with Crippen LogP contribution in [-0.2, 0) is 6.54 Å². The topological polar surface area (TPSA) is 85.0 Å². The van der Waals surface area contributed by atoms with E-state index in [9.17, 15) is 0 Å². The molecule has 1 saturated heterocycles. The Morgan fingerprint density at radius 3 is 2.72 bits per heavy atom. The second kappa shape index (κ2) is 7.63. The van der Waals surface area contributed by atoms with Gasteiger partial charge in [0.15, 0.2) is 11.5 Å². The molecule has 5 heterocycles. The van der Waals surface area contributed by atoms with Crippen LogP contribution in [0.4, 0.5) is 0 Å². The van der Waals surface area contributed by atoms with Gasteiger partial charge in [0, 0.05) is 36.6 Å². The standard InChI is InChI=1S/C21H22N8/c1-15-23-10-6-18(24-15)14-28-11-7-16(8-12-28)21-26-25-20-5-4-19(27-29(20)21)17-3-2-9-22-13-17/h2-6,9-10,13,16H,7-8,11-12,14H2,1H3. The first-order valence-corrected chi connectivity index (χ1v) is 9.90. The minimum Gasteiger partial charge on any atom is -0.297 e. The van der Waals surface area contributed by atoms with Crippen molar-refractivity contribution >= 4 is 5.65 Å². The first-order valence-electron chi connectivity index (χ1n) is 9.90. The number of aromatic nitrogens is 7. The van der Waals surface area contributed by atoms with E-state index in [1.54, 1.807) is 6.20 Å². The van der Waals surface area contributed by atoms with Gasteiger partial charge >= 0.3 is 0 Å². The maximum absolute atomic E-state index is 4.80. The van der Waals surface area contributed by atoms with Gasteiger partial charge in [0.05, 0.1) is 11.4 Å². The van der Waals surface area contributed by atoms with Crippen LogP contribution in [0.2, 0.25) is 0 Å². The molecule has 0 aromatic carbocycles. The smallest absolute Gasteiger partial charge is 0.177 e. The van der Waals surface area contributed by atoms with Crippen molar-refractivity contribution in [2.75, 3.05) is 13.1 Å². The summed E-state index contributed by atoms with van der Waals surface area (Å²) < 4.78 is 1.90. The van der Waals surface area contributed by atoms with Gasteiger partial charge in [-0.15, -0.1) is 10.2 Å². The largest absolute Gasteiger partial charge is 0.297 e. The van der Waals surface area contributed by atoms with Crippen LogP contribution >= 0.6 is 0 Å². The highest BCUT2D eigenvalue weighted by Gasteiger charge is 2.25. The molecule has 0 atom stereocenters. The average Bonchev–Trinajstić information content (AvgIpc) is 3.18. The molecule has 0 aliphatic carbocycles. The second-order valence-electron chi connectivity index (χ2n) is 7.43. The third kappa shape index (κ3) is 3.71. The zero-order valence-electron chi connectivity index (χ0n) is 16.3. The molecule has 1 fully saturated rings. The Morgan fingerprint density at radius 2 is 1.93 bits per heavy atom. The number of fused-ring (bicyclic) bond motifs is 1. The van der Waals surface area contributed by atoms with Gasteiger partial charge in [-0.2, -0.15) is 9.61 Å². The number of hydrogen-bond donors (Lipinski definition) is 0. The number of likely N-dealkylation sites (tertiary alicyclic amines) is 1. The van der Waals surface area contributed by atoms with Crippen LogP contribution in [0.15, 0.2) is 48.9 Å². The molecule has 5 rings (SSSR count). The summed E-state index contributed by atoms with van der Waals surface area (Å²) in [7, 11) is 0. The van der Waals surface area contributed by atoms with Crippen molar-refractivity contribution in [1.29, 1.82) is 0 Å². The van der Waals surface area contributed by atoms with Crippen LogP contribution in [0.25, 0.3) is 16.9 Å². The molecule has 0 amide bonds. The van der Waals surface area contributed by atoms with Crippen molar-refractivity contribution in [2.24, 2.45) is 0 Å². The summed E-state index contributed by atoms with van der Waals surface area (Å²) >= 11 is 0. The fourth-order valence-corrected chi connectivity index (χ4v) is 3.90. The van der Waals surface area contributed by atoms with Gasteiger partial charge in [-0.25, -0.2) is 9.97 Å². The number of nitrogens with zero attached hydrogens (tertiary/aromatic N) is 8. The van der Waals surface area contributed by atoms with Crippen LogP contribution in [0.5, 0.6) is 0 Å². The van der Waals surface area contributed by atoms with Crippen LogP contribution in [0.3, 0.4) is 0 Å². The lowest BCUT2D eigenvalue weighted by Crippen LogP contribution is -2.33. The summed E-state index contributed by atoms with van der Waals surface area (Å²) in [4.78, 5) is 15.3. The Hall–Kier alpha value is -3.26. The summed E-state index contributed by atoms with van der Waals surface area (Å²) in [5.41, 5.74) is 3.73. The molecule has 1 aliphatic heterocycles. The molecule has 0 spiro atoms. The molecule has 0 radical (unpaired) electrons. The Kier molecular flexibility index (Phi) is 4.69. The first kappa shape index (κ1) is 17.8. The van der Waals surface area contributed by atoms with Gasteiger partial charge in [-0.3, -0.25) is 9.88 Å². The lowest BCUT2D eigenvalue weighted by molar-refractivity contribution is 0.198. The Balaban J connectivity index is 1.33. The number of pyridine rings is 1. The molecule has 0 unspecified atom stereocenters. The summed E-state index contributed by atoms with van der Waals surface area (Å²) in [5.74, 6) is 2.12. The molecule has 8 nitrogen and oxygen atoms in total. The molecular formula is C21H22N8. The molecule has 0 N–H and O–H groups in total. The Bertz CT molecular complexity index is 1120. The van der Waals surface area contributed by atoms with E-state index in [1.807, 2.05) is 54.2 Å². The van der Waals surface area contributed by atoms with Gasteiger partial charge in [-0.1, -0.05) is 0 Å². The van der Waals surface area contributed by atoms with Crippen molar-refractivity contribution in [1.82, 2.24) is 39.7 Å². The Morgan fingerprint density at radius 1 is 1.03 bits per heavy atom. The predicted octanol–water partition coefficient (Wildman–Crippen LogP) is 2.66. The SMILES string of the molecule is Cc1nccc(CN2CCC(c3nnc4ccc(-c5cccnc5)nn34)CC2)n1. The highest BCUT2D eigenvalue weighted by molar-refractivity contribution is 5.58. The molecule has 29 heavy (non-hydrogen) atoms. The third-order valence-corrected chi connectivity index (χ3v) is 5.42. The first-order chi connectivity index (χ1) is 14.3. The summed E-state index contributed by atoms with van der Waals surface area (Å²) in [6.07, 6.45) is 7.49. The van der Waals surface area contributed by atoms with Gasteiger partial charge in [0.25, 0.3) is 0 Å². The molecule has 0 saturated carbocycles. The van der Waals surface area contributed by atoms with E-state index in [4.69, 9.17) is 5.10 Å². The maximum atomic E-state index is 4.80. The van der Waals surface area contributed by atoms with Crippen molar-refractivity contribution in [2.45, 2.75) is 32.2 Å². The van der Waals surface area contributed by atoms with Crippen molar-refractivity contribution < 1.29 is 0 Å².